The van der Waals surface area contributed by atoms with Crippen LogP contribution in [0.3, 0.4) is 0 Å². The molecule has 0 saturated heterocycles. The lowest BCUT2D eigenvalue weighted by atomic mass is 9.44. The molecule has 3 fully saturated rings. The van der Waals surface area contributed by atoms with E-state index < -0.39 is 0 Å². The number of aliphatic hydroxyl groups excluding tert-OH is 2. The molecule has 2 N–H and O–H groups in total. The Labute approximate surface area is 139 Å². The second-order valence-electron chi connectivity index (χ2n) is 9.13. The molecule has 7 atom stereocenters. The van der Waals surface area contributed by atoms with Crippen LogP contribution in [0.15, 0.2) is 11.6 Å². The molecule has 4 aliphatic carbocycles. The third kappa shape index (κ3) is 2.05. The van der Waals surface area contributed by atoms with Crippen molar-refractivity contribution in [1.29, 1.82) is 0 Å². The lowest BCUT2D eigenvalue weighted by Crippen LogP contribution is -2.55. The highest BCUT2D eigenvalue weighted by Gasteiger charge is 2.61. The maximum absolute atomic E-state index is 11.9. The van der Waals surface area contributed by atoms with Gasteiger partial charge < -0.3 is 10.2 Å². The van der Waals surface area contributed by atoms with Crippen LogP contribution in [-0.2, 0) is 4.79 Å². The molecule has 0 aromatic heterocycles. The standard InChI is InChI=1S/C20H30O3/c1-19-8-7-14(22)9-13(19)3-4-15-16-5-6-17(23)20(16,2)10-12(11-21)18(15)19/h9,12,15-18,21,23H,3-8,10-11H2,1-2H3/t12-,15+,16+,17+,18+,19+,20+/m1/s1. The summed E-state index contributed by atoms with van der Waals surface area (Å²) in [6.45, 7) is 4.82. The van der Waals surface area contributed by atoms with Gasteiger partial charge in [0, 0.05) is 13.0 Å². The fourth-order valence-corrected chi connectivity index (χ4v) is 7.11. The van der Waals surface area contributed by atoms with Gasteiger partial charge in [-0.3, -0.25) is 4.79 Å². The van der Waals surface area contributed by atoms with Crippen LogP contribution in [0.2, 0.25) is 0 Å². The molecule has 0 heterocycles. The fourth-order valence-electron chi connectivity index (χ4n) is 7.11. The fraction of sp³-hybridized carbons (Fsp3) is 0.850. The predicted octanol–water partition coefficient (Wildman–Crippen LogP) is 3.10. The van der Waals surface area contributed by atoms with Crippen LogP contribution in [0.4, 0.5) is 0 Å². The van der Waals surface area contributed by atoms with Crippen molar-refractivity contribution in [3.8, 4) is 0 Å². The molecule has 3 saturated carbocycles. The minimum Gasteiger partial charge on any atom is -0.396 e. The molecule has 0 aliphatic heterocycles. The van der Waals surface area contributed by atoms with E-state index in [9.17, 15) is 15.0 Å². The van der Waals surface area contributed by atoms with Gasteiger partial charge in [0.25, 0.3) is 0 Å². The molecular weight excluding hydrogens is 288 g/mol. The number of carbonyl (C=O) groups is 1. The smallest absolute Gasteiger partial charge is 0.155 e. The van der Waals surface area contributed by atoms with Crippen LogP contribution >= 0.6 is 0 Å². The zero-order valence-corrected chi connectivity index (χ0v) is 14.4. The first-order valence-corrected chi connectivity index (χ1v) is 9.43. The van der Waals surface area contributed by atoms with Crippen LogP contribution in [0.5, 0.6) is 0 Å². The Morgan fingerprint density at radius 3 is 2.74 bits per heavy atom. The first-order chi connectivity index (χ1) is 10.9. The van der Waals surface area contributed by atoms with Crippen LogP contribution in [0.1, 0.15) is 58.8 Å². The van der Waals surface area contributed by atoms with Gasteiger partial charge in [0.2, 0.25) is 0 Å². The van der Waals surface area contributed by atoms with E-state index in [0.717, 1.165) is 38.5 Å². The minimum atomic E-state index is -0.208. The third-order valence-corrected chi connectivity index (χ3v) is 8.22. The van der Waals surface area contributed by atoms with Crippen molar-refractivity contribution in [3.05, 3.63) is 11.6 Å². The molecule has 0 amide bonds. The van der Waals surface area contributed by atoms with Crippen LogP contribution < -0.4 is 0 Å². The van der Waals surface area contributed by atoms with Gasteiger partial charge in [0.05, 0.1) is 6.10 Å². The van der Waals surface area contributed by atoms with E-state index in [4.69, 9.17) is 0 Å². The van der Waals surface area contributed by atoms with Crippen LogP contribution in [0.25, 0.3) is 0 Å². The number of carbonyl (C=O) groups excluding carboxylic acids is 1. The summed E-state index contributed by atoms with van der Waals surface area (Å²) in [5.74, 6) is 2.20. The van der Waals surface area contributed by atoms with Gasteiger partial charge in [0.1, 0.15) is 0 Å². The molecule has 0 unspecified atom stereocenters. The molecule has 0 aromatic carbocycles. The second-order valence-corrected chi connectivity index (χ2v) is 9.13. The summed E-state index contributed by atoms with van der Waals surface area (Å²) in [4.78, 5) is 11.9. The molecule has 3 heteroatoms. The first kappa shape index (κ1) is 15.8. The largest absolute Gasteiger partial charge is 0.396 e. The molecule has 0 radical (unpaired) electrons. The zero-order valence-electron chi connectivity index (χ0n) is 14.4. The Balaban J connectivity index is 1.76. The molecular formula is C20H30O3. The van der Waals surface area contributed by atoms with Gasteiger partial charge >= 0.3 is 0 Å². The molecule has 0 spiro atoms. The van der Waals surface area contributed by atoms with E-state index in [1.165, 1.54) is 5.57 Å². The van der Waals surface area contributed by atoms with Crippen molar-refractivity contribution in [2.45, 2.75) is 64.9 Å². The highest BCUT2D eigenvalue weighted by atomic mass is 16.3. The van der Waals surface area contributed by atoms with Gasteiger partial charge in [-0.25, -0.2) is 0 Å². The van der Waals surface area contributed by atoms with E-state index in [1.54, 1.807) is 0 Å². The van der Waals surface area contributed by atoms with Crippen molar-refractivity contribution < 1.29 is 15.0 Å². The quantitative estimate of drug-likeness (QED) is 0.781. The summed E-state index contributed by atoms with van der Waals surface area (Å²) in [7, 11) is 0. The normalized spacial score (nSPS) is 52.4. The Morgan fingerprint density at radius 2 is 2.00 bits per heavy atom. The highest BCUT2D eigenvalue weighted by molar-refractivity contribution is 5.91. The lowest BCUT2D eigenvalue weighted by Gasteiger charge is -2.60. The lowest BCUT2D eigenvalue weighted by molar-refractivity contribution is -0.126. The summed E-state index contributed by atoms with van der Waals surface area (Å²) in [6, 6.07) is 0. The second kappa shape index (κ2) is 5.16. The highest BCUT2D eigenvalue weighted by Crippen LogP contribution is 2.66. The van der Waals surface area contributed by atoms with Gasteiger partial charge in [-0.1, -0.05) is 19.4 Å². The topological polar surface area (TPSA) is 57.5 Å². The molecule has 0 bridgehead atoms. The van der Waals surface area contributed by atoms with Gasteiger partial charge in [-0.15, -0.1) is 0 Å². The van der Waals surface area contributed by atoms with Crippen molar-refractivity contribution in [2.24, 2.45) is 34.5 Å². The predicted molar refractivity (Wildman–Crippen MR) is 88.7 cm³/mol. The summed E-state index contributed by atoms with van der Waals surface area (Å²) in [5.41, 5.74) is 1.41. The molecule has 23 heavy (non-hydrogen) atoms. The van der Waals surface area contributed by atoms with Gasteiger partial charge in [-0.2, -0.15) is 0 Å². The molecule has 3 nitrogen and oxygen atoms in total. The molecule has 4 aliphatic rings. The van der Waals surface area contributed by atoms with E-state index in [0.29, 0.717) is 24.2 Å². The Hall–Kier alpha value is -0.670. The summed E-state index contributed by atoms with van der Waals surface area (Å²) in [6.07, 6.45) is 8.46. The SMILES string of the molecule is C[C@]12C[C@H](CO)[C@H]3[C@@H](CCC4=CC(=O)CC[C@@]43C)[C@@H]1CC[C@@H]2O. The van der Waals surface area contributed by atoms with E-state index >= 15 is 0 Å². The van der Waals surface area contributed by atoms with Crippen LogP contribution in [-0.4, -0.2) is 28.7 Å². The average molecular weight is 318 g/mol. The van der Waals surface area contributed by atoms with Gasteiger partial charge in [0.15, 0.2) is 5.78 Å². The summed E-state index contributed by atoms with van der Waals surface area (Å²) < 4.78 is 0. The Bertz CT molecular complexity index is 553. The first-order valence-electron chi connectivity index (χ1n) is 9.43. The number of fused-ring (bicyclic) bond motifs is 5. The summed E-state index contributed by atoms with van der Waals surface area (Å²) >= 11 is 0. The monoisotopic (exact) mass is 318 g/mol. The van der Waals surface area contributed by atoms with E-state index in [2.05, 4.69) is 13.8 Å². The number of rotatable bonds is 1. The molecule has 0 aromatic rings. The Kier molecular flexibility index (Phi) is 3.55. The number of ketones is 1. The van der Waals surface area contributed by atoms with E-state index in [-0.39, 0.29) is 35.2 Å². The number of aliphatic hydroxyl groups is 2. The van der Waals surface area contributed by atoms with Crippen LogP contribution in [0, 0.1) is 34.5 Å². The maximum atomic E-state index is 11.9. The van der Waals surface area contributed by atoms with Gasteiger partial charge in [-0.05, 0) is 79.1 Å². The molecule has 128 valence electrons. The van der Waals surface area contributed by atoms with Crippen molar-refractivity contribution in [1.82, 2.24) is 0 Å². The zero-order chi connectivity index (χ0) is 16.4. The van der Waals surface area contributed by atoms with Crippen molar-refractivity contribution in [3.63, 3.8) is 0 Å². The number of hydrogen-bond acceptors (Lipinski definition) is 3. The molecule has 4 rings (SSSR count). The van der Waals surface area contributed by atoms with E-state index in [1.807, 2.05) is 6.08 Å². The number of hydrogen-bond donors (Lipinski definition) is 2. The Morgan fingerprint density at radius 1 is 1.22 bits per heavy atom. The van der Waals surface area contributed by atoms with Crippen molar-refractivity contribution in [2.75, 3.05) is 6.61 Å². The minimum absolute atomic E-state index is 0.0172. The average Bonchev–Trinajstić information content (AvgIpc) is 2.82. The summed E-state index contributed by atoms with van der Waals surface area (Å²) in [5, 5.41) is 20.7. The number of allylic oxidation sites excluding steroid dienone is 1. The van der Waals surface area contributed by atoms with Crippen molar-refractivity contribution >= 4 is 5.78 Å². The third-order valence-electron chi connectivity index (χ3n) is 8.22. The maximum Gasteiger partial charge on any atom is 0.155 e.